The quantitative estimate of drug-likeness (QED) is 0.822. The van der Waals surface area contributed by atoms with Gasteiger partial charge in [-0.2, -0.15) is 0 Å². The standard InChI is InChI=1S/C15H27N3O3/c1-3-21-14(20)17-12-7-6-10-18(11-12)13(19)15(2)8-4-5-9-16-15/h12,16H,3-11H2,1-2H3,(H,17,20). The molecule has 2 N–H and O–H groups in total. The zero-order valence-electron chi connectivity index (χ0n) is 13.1. The lowest BCUT2D eigenvalue weighted by atomic mass is 9.88. The molecular weight excluding hydrogens is 270 g/mol. The molecule has 2 atom stereocenters. The van der Waals surface area contributed by atoms with E-state index in [0.717, 1.165) is 45.2 Å². The fourth-order valence-electron chi connectivity index (χ4n) is 3.21. The zero-order valence-corrected chi connectivity index (χ0v) is 13.1. The molecule has 2 saturated heterocycles. The van der Waals surface area contributed by atoms with Crippen LogP contribution >= 0.6 is 0 Å². The Hall–Kier alpha value is -1.30. The van der Waals surface area contributed by atoms with Gasteiger partial charge in [-0.3, -0.25) is 4.79 Å². The van der Waals surface area contributed by atoms with Crippen LogP contribution in [0.1, 0.15) is 46.0 Å². The minimum absolute atomic E-state index is 0.00561. The molecule has 0 bridgehead atoms. The lowest BCUT2D eigenvalue weighted by molar-refractivity contribution is -0.140. The molecular formula is C15H27N3O3. The smallest absolute Gasteiger partial charge is 0.407 e. The summed E-state index contributed by atoms with van der Waals surface area (Å²) in [6, 6.07) is -0.00561. The molecule has 2 rings (SSSR count). The van der Waals surface area contributed by atoms with E-state index >= 15 is 0 Å². The maximum atomic E-state index is 12.8. The molecule has 2 aliphatic heterocycles. The highest BCUT2D eigenvalue weighted by atomic mass is 16.5. The van der Waals surface area contributed by atoms with Gasteiger partial charge in [-0.25, -0.2) is 4.79 Å². The van der Waals surface area contributed by atoms with Crippen molar-refractivity contribution in [2.45, 2.75) is 57.5 Å². The van der Waals surface area contributed by atoms with Crippen molar-refractivity contribution in [2.24, 2.45) is 0 Å². The summed E-state index contributed by atoms with van der Waals surface area (Å²) >= 11 is 0. The van der Waals surface area contributed by atoms with Crippen LogP contribution in [0.2, 0.25) is 0 Å². The lowest BCUT2D eigenvalue weighted by Gasteiger charge is -2.41. The monoisotopic (exact) mass is 297 g/mol. The van der Waals surface area contributed by atoms with Gasteiger partial charge in [-0.15, -0.1) is 0 Å². The Bertz CT molecular complexity index is 380. The summed E-state index contributed by atoms with van der Waals surface area (Å²) in [5.74, 6) is 0.164. The first-order valence-corrected chi connectivity index (χ1v) is 8.03. The van der Waals surface area contributed by atoms with E-state index in [-0.39, 0.29) is 18.0 Å². The number of carbonyl (C=O) groups excluding carboxylic acids is 2. The van der Waals surface area contributed by atoms with Crippen LogP contribution in [0.3, 0.4) is 0 Å². The van der Waals surface area contributed by atoms with Gasteiger partial charge in [0, 0.05) is 19.1 Å². The van der Waals surface area contributed by atoms with Crippen LogP contribution in [-0.2, 0) is 9.53 Å². The maximum Gasteiger partial charge on any atom is 0.407 e. The Morgan fingerprint density at radius 2 is 2.19 bits per heavy atom. The predicted octanol–water partition coefficient (Wildman–Crippen LogP) is 1.26. The Morgan fingerprint density at radius 1 is 1.38 bits per heavy atom. The molecule has 2 heterocycles. The average Bonchev–Trinajstić information content (AvgIpc) is 2.47. The first kappa shape index (κ1) is 16.1. The topological polar surface area (TPSA) is 70.7 Å². The van der Waals surface area contributed by atoms with Gasteiger partial charge in [-0.05, 0) is 52.5 Å². The third-order valence-electron chi connectivity index (χ3n) is 4.40. The lowest BCUT2D eigenvalue weighted by Crippen LogP contribution is -2.61. The van der Waals surface area contributed by atoms with Crippen LogP contribution in [-0.4, -0.2) is 54.7 Å². The molecule has 6 heteroatoms. The Balaban J connectivity index is 1.90. The molecule has 0 saturated carbocycles. The normalized spacial score (nSPS) is 29.8. The van der Waals surface area contributed by atoms with Crippen molar-refractivity contribution in [1.82, 2.24) is 15.5 Å². The van der Waals surface area contributed by atoms with Gasteiger partial charge < -0.3 is 20.3 Å². The molecule has 0 aromatic carbocycles. The Labute approximate surface area is 126 Å². The van der Waals surface area contributed by atoms with Gasteiger partial charge in [0.1, 0.15) is 0 Å². The highest BCUT2D eigenvalue weighted by Crippen LogP contribution is 2.23. The number of amides is 2. The molecule has 6 nitrogen and oxygen atoms in total. The summed E-state index contributed by atoms with van der Waals surface area (Å²) < 4.78 is 4.91. The van der Waals surface area contributed by atoms with E-state index < -0.39 is 5.54 Å². The van der Waals surface area contributed by atoms with Crippen molar-refractivity contribution < 1.29 is 14.3 Å². The maximum absolute atomic E-state index is 12.8. The van der Waals surface area contributed by atoms with Crippen molar-refractivity contribution in [1.29, 1.82) is 0 Å². The summed E-state index contributed by atoms with van der Waals surface area (Å²) in [6.45, 7) is 6.40. The number of rotatable bonds is 3. The SMILES string of the molecule is CCOC(=O)NC1CCCN(C(=O)C2(C)CCCCN2)C1. The van der Waals surface area contributed by atoms with E-state index in [0.29, 0.717) is 13.2 Å². The molecule has 120 valence electrons. The number of nitrogens with one attached hydrogen (secondary N) is 2. The number of alkyl carbamates (subject to hydrolysis) is 1. The van der Waals surface area contributed by atoms with E-state index in [9.17, 15) is 9.59 Å². The average molecular weight is 297 g/mol. The van der Waals surface area contributed by atoms with Gasteiger partial charge in [0.05, 0.1) is 12.1 Å². The van der Waals surface area contributed by atoms with Crippen LogP contribution in [0.4, 0.5) is 4.79 Å². The largest absolute Gasteiger partial charge is 0.450 e. The van der Waals surface area contributed by atoms with Crippen LogP contribution in [0.25, 0.3) is 0 Å². The van der Waals surface area contributed by atoms with Crippen LogP contribution in [0.5, 0.6) is 0 Å². The second-order valence-corrected chi connectivity index (χ2v) is 6.17. The highest BCUT2D eigenvalue weighted by Gasteiger charge is 2.39. The van der Waals surface area contributed by atoms with E-state index in [1.165, 1.54) is 0 Å². The van der Waals surface area contributed by atoms with Crippen molar-refractivity contribution in [3.8, 4) is 0 Å². The summed E-state index contributed by atoms with van der Waals surface area (Å²) in [4.78, 5) is 26.1. The van der Waals surface area contributed by atoms with Crippen molar-refractivity contribution in [3.05, 3.63) is 0 Å². The summed E-state index contributed by atoms with van der Waals surface area (Å²) in [7, 11) is 0. The van der Waals surface area contributed by atoms with Crippen molar-refractivity contribution >= 4 is 12.0 Å². The molecule has 0 aromatic rings. The molecule has 0 spiro atoms. The van der Waals surface area contributed by atoms with Gasteiger partial charge in [0.2, 0.25) is 5.91 Å². The van der Waals surface area contributed by atoms with E-state index in [1.807, 2.05) is 11.8 Å². The molecule has 2 unspecified atom stereocenters. The number of likely N-dealkylation sites (tertiary alicyclic amines) is 1. The Kier molecular flexibility index (Phi) is 5.45. The van der Waals surface area contributed by atoms with E-state index in [2.05, 4.69) is 10.6 Å². The molecule has 0 aromatic heterocycles. The zero-order chi connectivity index (χ0) is 15.3. The summed E-state index contributed by atoms with van der Waals surface area (Å²) in [6.07, 6.45) is 4.53. The van der Waals surface area contributed by atoms with Gasteiger partial charge in [0.15, 0.2) is 0 Å². The number of piperidine rings is 2. The molecule has 2 amide bonds. The van der Waals surface area contributed by atoms with Gasteiger partial charge in [0.25, 0.3) is 0 Å². The number of ether oxygens (including phenoxy) is 1. The highest BCUT2D eigenvalue weighted by molar-refractivity contribution is 5.86. The van der Waals surface area contributed by atoms with E-state index in [1.54, 1.807) is 6.92 Å². The fourth-order valence-corrected chi connectivity index (χ4v) is 3.21. The first-order valence-electron chi connectivity index (χ1n) is 8.03. The van der Waals surface area contributed by atoms with Crippen molar-refractivity contribution in [3.63, 3.8) is 0 Å². The molecule has 2 aliphatic rings. The molecule has 2 fully saturated rings. The predicted molar refractivity (Wildman–Crippen MR) is 80.0 cm³/mol. The van der Waals surface area contributed by atoms with E-state index in [4.69, 9.17) is 4.74 Å². The number of hydrogen-bond donors (Lipinski definition) is 2. The van der Waals surface area contributed by atoms with Gasteiger partial charge in [-0.1, -0.05) is 0 Å². The second kappa shape index (κ2) is 7.11. The minimum atomic E-state index is -0.440. The Morgan fingerprint density at radius 3 is 2.86 bits per heavy atom. The third-order valence-corrected chi connectivity index (χ3v) is 4.40. The van der Waals surface area contributed by atoms with Crippen LogP contribution in [0.15, 0.2) is 0 Å². The van der Waals surface area contributed by atoms with Gasteiger partial charge >= 0.3 is 6.09 Å². The number of nitrogens with zero attached hydrogens (tertiary/aromatic N) is 1. The van der Waals surface area contributed by atoms with Crippen LogP contribution in [0, 0.1) is 0 Å². The van der Waals surface area contributed by atoms with Crippen LogP contribution < -0.4 is 10.6 Å². The molecule has 0 aliphatic carbocycles. The second-order valence-electron chi connectivity index (χ2n) is 6.17. The molecule has 21 heavy (non-hydrogen) atoms. The first-order chi connectivity index (χ1) is 10.0. The molecule has 0 radical (unpaired) electrons. The minimum Gasteiger partial charge on any atom is -0.450 e. The number of carbonyl (C=O) groups is 2. The summed E-state index contributed by atoms with van der Waals surface area (Å²) in [5, 5.41) is 6.21. The number of hydrogen-bond acceptors (Lipinski definition) is 4. The van der Waals surface area contributed by atoms with Crippen molar-refractivity contribution in [2.75, 3.05) is 26.2 Å². The fraction of sp³-hybridized carbons (Fsp3) is 0.867. The third kappa shape index (κ3) is 4.09. The summed E-state index contributed by atoms with van der Waals surface area (Å²) in [5.41, 5.74) is -0.440.